The molecular weight excluding hydrogens is 226 g/mol. The molecule has 1 aromatic rings. The molecule has 0 aromatic heterocycles. The van der Waals surface area contributed by atoms with E-state index >= 15 is 0 Å². The number of nitrogens with two attached hydrogens (primary N) is 1. The van der Waals surface area contributed by atoms with Gasteiger partial charge in [-0.3, -0.25) is 0 Å². The van der Waals surface area contributed by atoms with Crippen molar-refractivity contribution in [2.24, 2.45) is 11.7 Å². The van der Waals surface area contributed by atoms with E-state index in [-0.39, 0.29) is 11.3 Å². The Morgan fingerprint density at radius 3 is 1.88 bits per heavy atom. The topological polar surface area (TPSA) is 26.0 Å². The van der Waals surface area contributed by atoms with E-state index in [2.05, 4.69) is 58.9 Å². The number of benzene rings is 1. The van der Waals surface area contributed by atoms with Gasteiger partial charge in [0.25, 0.3) is 0 Å². The van der Waals surface area contributed by atoms with Crippen molar-refractivity contribution >= 4 is 17.2 Å². The summed E-state index contributed by atoms with van der Waals surface area (Å²) in [4.78, 5) is 0.587. The Hall–Kier alpha value is -0.890. The Kier molecular flexibility index (Phi) is 4.31. The summed E-state index contributed by atoms with van der Waals surface area (Å²) in [7, 11) is 0. The van der Waals surface area contributed by atoms with Crippen molar-refractivity contribution in [3.8, 4) is 0 Å². The van der Waals surface area contributed by atoms with Gasteiger partial charge in [-0.1, -0.05) is 71.1 Å². The lowest BCUT2D eigenvalue weighted by molar-refractivity contribution is 0.585. The Bertz CT molecular complexity index is 384. The lowest BCUT2D eigenvalue weighted by Gasteiger charge is -2.23. The molecule has 0 heterocycles. The van der Waals surface area contributed by atoms with Gasteiger partial charge >= 0.3 is 0 Å². The van der Waals surface area contributed by atoms with Gasteiger partial charge in [0.2, 0.25) is 0 Å². The van der Waals surface area contributed by atoms with Crippen LogP contribution in [0.4, 0.5) is 0 Å². The fourth-order valence-electron chi connectivity index (χ4n) is 2.07. The minimum Gasteiger partial charge on any atom is -0.393 e. The molecule has 2 N–H and O–H groups in total. The predicted octanol–water partition coefficient (Wildman–Crippen LogP) is 4.01. The molecule has 0 bridgehead atoms. The zero-order valence-electron chi connectivity index (χ0n) is 11.4. The molecule has 0 amide bonds. The van der Waals surface area contributed by atoms with Crippen LogP contribution in [-0.2, 0) is 5.41 Å². The van der Waals surface area contributed by atoms with E-state index in [4.69, 9.17) is 18.0 Å². The summed E-state index contributed by atoms with van der Waals surface area (Å²) in [6.07, 6.45) is 0. The van der Waals surface area contributed by atoms with Crippen LogP contribution in [0.25, 0.3) is 0 Å². The van der Waals surface area contributed by atoms with Crippen molar-refractivity contribution in [1.29, 1.82) is 0 Å². The van der Waals surface area contributed by atoms with Crippen LogP contribution in [0.15, 0.2) is 24.3 Å². The minimum absolute atomic E-state index is 0.180. The van der Waals surface area contributed by atoms with Crippen molar-refractivity contribution < 1.29 is 0 Å². The van der Waals surface area contributed by atoms with Gasteiger partial charge in [0, 0.05) is 5.92 Å². The second kappa shape index (κ2) is 5.18. The van der Waals surface area contributed by atoms with Crippen LogP contribution in [0.1, 0.15) is 51.7 Å². The van der Waals surface area contributed by atoms with Gasteiger partial charge in [-0.05, 0) is 22.5 Å². The van der Waals surface area contributed by atoms with Crippen LogP contribution in [0.5, 0.6) is 0 Å². The second-order valence-electron chi connectivity index (χ2n) is 6.00. The predicted molar refractivity (Wildman–Crippen MR) is 79.5 cm³/mol. The molecule has 0 saturated carbocycles. The quantitative estimate of drug-likeness (QED) is 0.819. The molecule has 1 aromatic carbocycles. The number of thiocarbonyl (C=S) groups is 1. The normalized spacial score (nSPS) is 13.8. The van der Waals surface area contributed by atoms with E-state index in [1.165, 1.54) is 11.1 Å². The zero-order valence-corrected chi connectivity index (χ0v) is 12.3. The third-order valence-electron chi connectivity index (χ3n) is 3.11. The Morgan fingerprint density at radius 1 is 1.12 bits per heavy atom. The van der Waals surface area contributed by atoms with Crippen LogP contribution in [0, 0.1) is 5.92 Å². The third kappa shape index (κ3) is 3.53. The van der Waals surface area contributed by atoms with E-state index in [1.807, 2.05) is 0 Å². The average molecular weight is 249 g/mol. The lowest BCUT2D eigenvalue weighted by atomic mass is 9.83. The van der Waals surface area contributed by atoms with Gasteiger partial charge in [-0.2, -0.15) is 0 Å². The highest BCUT2D eigenvalue weighted by molar-refractivity contribution is 7.80. The molecule has 1 nitrogen and oxygen atoms in total. The van der Waals surface area contributed by atoms with Crippen molar-refractivity contribution in [3.63, 3.8) is 0 Å². The van der Waals surface area contributed by atoms with Crippen LogP contribution < -0.4 is 5.73 Å². The first kappa shape index (κ1) is 14.2. The highest BCUT2D eigenvalue weighted by Crippen LogP contribution is 2.28. The van der Waals surface area contributed by atoms with Gasteiger partial charge < -0.3 is 5.73 Å². The first-order chi connectivity index (χ1) is 7.73. The molecule has 2 heteroatoms. The summed E-state index contributed by atoms with van der Waals surface area (Å²) in [6.45, 7) is 11.0. The van der Waals surface area contributed by atoms with Gasteiger partial charge in [0.1, 0.15) is 0 Å². The van der Waals surface area contributed by atoms with Crippen LogP contribution in [-0.4, -0.2) is 4.99 Å². The van der Waals surface area contributed by atoms with Crippen molar-refractivity contribution in [2.45, 2.75) is 46.0 Å². The van der Waals surface area contributed by atoms with Crippen LogP contribution >= 0.6 is 12.2 Å². The van der Waals surface area contributed by atoms with Crippen molar-refractivity contribution in [2.75, 3.05) is 0 Å². The van der Waals surface area contributed by atoms with Crippen LogP contribution in [0.2, 0.25) is 0 Å². The summed E-state index contributed by atoms with van der Waals surface area (Å²) in [5.41, 5.74) is 8.58. The van der Waals surface area contributed by atoms with Gasteiger partial charge in [0.15, 0.2) is 0 Å². The standard InChI is InChI=1S/C15H23NS/c1-10(2)13(14(16)17)11-6-8-12(9-7-11)15(3,4)5/h6-10,13H,1-5H3,(H2,16,17). The maximum Gasteiger partial charge on any atom is 0.0805 e. The summed E-state index contributed by atoms with van der Waals surface area (Å²) >= 11 is 5.16. The maximum atomic E-state index is 5.82. The van der Waals surface area contributed by atoms with E-state index < -0.39 is 0 Å². The number of rotatable bonds is 3. The van der Waals surface area contributed by atoms with E-state index in [1.54, 1.807) is 0 Å². The molecule has 0 fully saturated rings. The van der Waals surface area contributed by atoms with Gasteiger partial charge in [-0.15, -0.1) is 0 Å². The number of hydrogen-bond acceptors (Lipinski definition) is 1. The van der Waals surface area contributed by atoms with E-state index in [0.717, 1.165) is 0 Å². The van der Waals surface area contributed by atoms with Crippen LogP contribution in [0.3, 0.4) is 0 Å². The molecule has 0 aliphatic rings. The third-order valence-corrected chi connectivity index (χ3v) is 3.36. The van der Waals surface area contributed by atoms with Crippen molar-refractivity contribution in [3.05, 3.63) is 35.4 Å². The summed E-state index contributed by atoms with van der Waals surface area (Å²) in [6, 6.07) is 8.68. The highest BCUT2D eigenvalue weighted by Gasteiger charge is 2.20. The molecule has 1 unspecified atom stereocenters. The smallest absolute Gasteiger partial charge is 0.0805 e. The molecule has 17 heavy (non-hydrogen) atoms. The summed E-state index contributed by atoms with van der Waals surface area (Å²) in [5.74, 6) is 0.618. The fourth-order valence-corrected chi connectivity index (χ4v) is 2.48. The molecule has 0 spiro atoms. The largest absolute Gasteiger partial charge is 0.393 e. The molecule has 0 aliphatic heterocycles. The SMILES string of the molecule is CC(C)C(C(N)=S)c1ccc(C(C)(C)C)cc1. The molecule has 94 valence electrons. The molecular formula is C15H23NS. The first-order valence-electron chi connectivity index (χ1n) is 6.13. The molecule has 0 radical (unpaired) electrons. The molecule has 1 rings (SSSR count). The fraction of sp³-hybridized carbons (Fsp3) is 0.533. The molecule has 1 atom stereocenters. The van der Waals surface area contributed by atoms with Gasteiger partial charge in [0.05, 0.1) is 4.99 Å². The number of hydrogen-bond donors (Lipinski definition) is 1. The zero-order chi connectivity index (χ0) is 13.2. The highest BCUT2D eigenvalue weighted by atomic mass is 32.1. The maximum absolute atomic E-state index is 5.82. The first-order valence-corrected chi connectivity index (χ1v) is 6.54. The Labute approximate surface area is 110 Å². The van der Waals surface area contributed by atoms with E-state index in [9.17, 15) is 0 Å². The summed E-state index contributed by atoms with van der Waals surface area (Å²) < 4.78 is 0. The van der Waals surface area contributed by atoms with Crippen molar-refractivity contribution in [1.82, 2.24) is 0 Å². The van der Waals surface area contributed by atoms with Gasteiger partial charge in [-0.25, -0.2) is 0 Å². The average Bonchev–Trinajstić information content (AvgIpc) is 2.15. The molecule has 0 aliphatic carbocycles. The molecule has 0 saturated heterocycles. The monoisotopic (exact) mass is 249 g/mol. The Balaban J connectivity index is 3.05. The minimum atomic E-state index is 0.180. The lowest BCUT2D eigenvalue weighted by Crippen LogP contribution is -2.23. The van der Waals surface area contributed by atoms with E-state index in [0.29, 0.717) is 10.9 Å². The summed E-state index contributed by atoms with van der Waals surface area (Å²) in [5, 5.41) is 0. The Morgan fingerprint density at radius 2 is 1.59 bits per heavy atom. The second-order valence-corrected chi connectivity index (χ2v) is 6.47.